The van der Waals surface area contributed by atoms with E-state index in [9.17, 15) is 13.5 Å². The second-order valence-corrected chi connectivity index (χ2v) is 6.38. The molecule has 1 heterocycles. The molecule has 8 heteroatoms. The minimum absolute atomic E-state index is 0.00648. The predicted molar refractivity (Wildman–Crippen MR) is 66.3 cm³/mol. The normalized spacial score (nSPS) is 17.9. The van der Waals surface area contributed by atoms with E-state index in [1.165, 1.54) is 4.68 Å². The van der Waals surface area contributed by atoms with Crippen LogP contribution in [-0.4, -0.2) is 36.0 Å². The fourth-order valence-corrected chi connectivity index (χ4v) is 3.23. The first-order valence-electron chi connectivity index (χ1n) is 5.79. The molecule has 1 saturated carbocycles. The van der Waals surface area contributed by atoms with Gasteiger partial charge in [-0.3, -0.25) is 4.68 Å². The first kappa shape index (κ1) is 13.3. The molecule has 1 unspecified atom stereocenters. The number of aliphatic hydroxyl groups excluding tert-OH is 1. The molecular formula is C10H18N4O3S. The van der Waals surface area contributed by atoms with Gasteiger partial charge in [-0.25, -0.2) is 13.1 Å². The minimum atomic E-state index is -3.72. The molecule has 1 fully saturated rings. The van der Waals surface area contributed by atoms with Crippen LogP contribution in [0.25, 0.3) is 0 Å². The summed E-state index contributed by atoms with van der Waals surface area (Å²) in [5.41, 5.74) is 6.07. The molecule has 2 rings (SSSR count). The van der Waals surface area contributed by atoms with Gasteiger partial charge in [0.15, 0.2) is 5.82 Å². The number of nitrogen functional groups attached to an aromatic ring is 1. The molecule has 1 aliphatic rings. The van der Waals surface area contributed by atoms with E-state index in [1.54, 1.807) is 14.0 Å². The molecule has 0 spiro atoms. The summed E-state index contributed by atoms with van der Waals surface area (Å²) >= 11 is 0. The summed E-state index contributed by atoms with van der Waals surface area (Å²) in [6, 6.07) is 0. The second kappa shape index (κ2) is 4.52. The van der Waals surface area contributed by atoms with Gasteiger partial charge in [0, 0.05) is 13.6 Å². The van der Waals surface area contributed by atoms with Crippen molar-refractivity contribution in [2.45, 2.75) is 30.8 Å². The van der Waals surface area contributed by atoms with Crippen molar-refractivity contribution in [1.29, 1.82) is 0 Å². The van der Waals surface area contributed by atoms with Crippen LogP contribution in [0.3, 0.4) is 0 Å². The smallest absolute Gasteiger partial charge is 0.246 e. The van der Waals surface area contributed by atoms with E-state index >= 15 is 0 Å². The highest BCUT2D eigenvalue weighted by Crippen LogP contribution is 2.32. The SMILES string of the molecule is Cc1c(S(=O)(=O)NCC(O)C2CC2)c(N)nn1C. The Morgan fingerprint density at radius 1 is 1.61 bits per heavy atom. The van der Waals surface area contributed by atoms with Gasteiger partial charge in [-0.15, -0.1) is 0 Å². The Labute approximate surface area is 106 Å². The lowest BCUT2D eigenvalue weighted by Crippen LogP contribution is -2.33. The Balaban J connectivity index is 2.14. The molecule has 1 aromatic heterocycles. The third-order valence-corrected chi connectivity index (χ3v) is 4.81. The Hall–Kier alpha value is -1.12. The van der Waals surface area contributed by atoms with Crippen molar-refractivity contribution in [2.75, 3.05) is 12.3 Å². The second-order valence-electron chi connectivity index (χ2n) is 4.68. The topological polar surface area (TPSA) is 110 Å². The van der Waals surface area contributed by atoms with Crippen molar-refractivity contribution in [3.8, 4) is 0 Å². The van der Waals surface area contributed by atoms with Crippen LogP contribution in [0, 0.1) is 12.8 Å². The van der Waals surface area contributed by atoms with Crippen LogP contribution < -0.4 is 10.5 Å². The van der Waals surface area contributed by atoms with Gasteiger partial charge >= 0.3 is 0 Å². The largest absolute Gasteiger partial charge is 0.391 e. The summed E-state index contributed by atoms with van der Waals surface area (Å²) in [6.45, 7) is 1.65. The molecular weight excluding hydrogens is 256 g/mol. The standard InChI is InChI=1S/C10H18N4O3S/c1-6-9(10(11)13-14(6)2)18(16,17)12-5-8(15)7-3-4-7/h7-8,12,15H,3-5H2,1-2H3,(H2,11,13). The maximum absolute atomic E-state index is 12.1. The van der Waals surface area contributed by atoms with Crippen molar-refractivity contribution in [1.82, 2.24) is 14.5 Å². The third-order valence-electron chi connectivity index (χ3n) is 3.22. The molecule has 0 saturated heterocycles. The Morgan fingerprint density at radius 2 is 2.22 bits per heavy atom. The van der Waals surface area contributed by atoms with Gasteiger partial charge in [-0.1, -0.05) is 0 Å². The Kier molecular flexibility index (Phi) is 3.35. The Bertz CT molecular complexity index is 548. The first-order chi connectivity index (χ1) is 8.33. The van der Waals surface area contributed by atoms with Crippen molar-refractivity contribution in [3.05, 3.63) is 5.69 Å². The summed E-state index contributed by atoms with van der Waals surface area (Å²) in [7, 11) is -2.09. The Morgan fingerprint density at radius 3 is 2.67 bits per heavy atom. The summed E-state index contributed by atoms with van der Waals surface area (Å²) in [4.78, 5) is -0.00648. The van der Waals surface area contributed by atoms with Gasteiger partial charge in [0.2, 0.25) is 10.0 Å². The van der Waals surface area contributed by atoms with Crippen molar-refractivity contribution in [2.24, 2.45) is 13.0 Å². The van der Waals surface area contributed by atoms with Crippen molar-refractivity contribution < 1.29 is 13.5 Å². The van der Waals surface area contributed by atoms with Crippen LogP contribution in [-0.2, 0) is 17.1 Å². The number of hydrogen-bond donors (Lipinski definition) is 3. The summed E-state index contributed by atoms with van der Waals surface area (Å²) in [5.74, 6) is 0.198. The first-order valence-corrected chi connectivity index (χ1v) is 7.28. The molecule has 102 valence electrons. The van der Waals surface area contributed by atoms with Crippen LogP contribution in [0.4, 0.5) is 5.82 Å². The number of anilines is 1. The lowest BCUT2D eigenvalue weighted by molar-refractivity contribution is 0.155. The van der Waals surface area contributed by atoms with E-state index in [-0.39, 0.29) is 23.2 Å². The number of hydrogen-bond acceptors (Lipinski definition) is 5. The van der Waals surface area contributed by atoms with Crippen LogP contribution in [0.5, 0.6) is 0 Å². The fourth-order valence-electron chi connectivity index (χ4n) is 1.86. The van der Waals surface area contributed by atoms with Gasteiger partial charge in [-0.2, -0.15) is 5.10 Å². The summed E-state index contributed by atoms with van der Waals surface area (Å²) in [6.07, 6.45) is 1.28. The number of aliphatic hydroxyl groups is 1. The maximum Gasteiger partial charge on any atom is 0.246 e. The zero-order valence-electron chi connectivity index (χ0n) is 10.4. The summed E-state index contributed by atoms with van der Waals surface area (Å²) in [5, 5.41) is 13.5. The van der Waals surface area contributed by atoms with Gasteiger partial charge in [0.25, 0.3) is 0 Å². The predicted octanol–water partition coefficient (Wildman–Crippen LogP) is -0.640. The monoisotopic (exact) mass is 274 g/mol. The molecule has 0 aromatic carbocycles. The molecule has 0 amide bonds. The van der Waals surface area contributed by atoms with E-state index in [0.717, 1.165) is 12.8 Å². The van der Waals surface area contributed by atoms with Gasteiger partial charge in [0.05, 0.1) is 11.8 Å². The van der Waals surface area contributed by atoms with E-state index in [1.807, 2.05) is 0 Å². The molecule has 0 radical (unpaired) electrons. The number of sulfonamides is 1. The van der Waals surface area contributed by atoms with Crippen LogP contribution >= 0.6 is 0 Å². The molecule has 18 heavy (non-hydrogen) atoms. The highest BCUT2D eigenvalue weighted by Gasteiger charge is 2.31. The highest BCUT2D eigenvalue weighted by atomic mass is 32.2. The maximum atomic E-state index is 12.1. The zero-order valence-corrected chi connectivity index (χ0v) is 11.2. The third kappa shape index (κ3) is 2.50. The van der Waals surface area contributed by atoms with E-state index in [2.05, 4.69) is 9.82 Å². The quantitative estimate of drug-likeness (QED) is 0.661. The van der Waals surface area contributed by atoms with Crippen LogP contribution in [0.1, 0.15) is 18.5 Å². The number of aryl methyl sites for hydroxylation is 1. The van der Waals surface area contributed by atoms with Gasteiger partial charge in [0.1, 0.15) is 4.90 Å². The van der Waals surface area contributed by atoms with Crippen LogP contribution in [0.2, 0.25) is 0 Å². The molecule has 7 nitrogen and oxygen atoms in total. The molecule has 1 aliphatic carbocycles. The lowest BCUT2D eigenvalue weighted by Gasteiger charge is -2.11. The number of nitrogens with zero attached hydrogens (tertiary/aromatic N) is 2. The van der Waals surface area contributed by atoms with Crippen molar-refractivity contribution >= 4 is 15.8 Å². The average Bonchev–Trinajstić information content (AvgIpc) is 3.05. The molecule has 1 aromatic rings. The molecule has 0 aliphatic heterocycles. The minimum Gasteiger partial charge on any atom is -0.391 e. The van der Waals surface area contributed by atoms with E-state index in [0.29, 0.717) is 5.69 Å². The average molecular weight is 274 g/mol. The van der Waals surface area contributed by atoms with Crippen molar-refractivity contribution in [3.63, 3.8) is 0 Å². The molecule has 0 bridgehead atoms. The number of nitrogens with two attached hydrogens (primary N) is 1. The van der Waals surface area contributed by atoms with E-state index in [4.69, 9.17) is 5.73 Å². The highest BCUT2D eigenvalue weighted by molar-refractivity contribution is 7.89. The summed E-state index contributed by atoms with van der Waals surface area (Å²) < 4.78 is 28.0. The zero-order chi connectivity index (χ0) is 13.5. The number of aromatic nitrogens is 2. The van der Waals surface area contributed by atoms with Gasteiger partial charge in [-0.05, 0) is 25.7 Å². The van der Waals surface area contributed by atoms with Gasteiger partial charge < -0.3 is 10.8 Å². The number of rotatable bonds is 5. The number of nitrogens with one attached hydrogen (secondary N) is 1. The lowest BCUT2D eigenvalue weighted by atomic mass is 10.2. The molecule has 4 N–H and O–H groups in total. The van der Waals surface area contributed by atoms with Crippen LogP contribution in [0.15, 0.2) is 4.90 Å². The van der Waals surface area contributed by atoms with E-state index < -0.39 is 16.1 Å². The fraction of sp³-hybridized carbons (Fsp3) is 0.700. The molecule has 1 atom stereocenters.